The first-order valence-electron chi connectivity index (χ1n) is 35.3. The molecule has 110 heavy (non-hydrogen) atoms. The van der Waals surface area contributed by atoms with Gasteiger partial charge in [0, 0.05) is 124 Å². The Balaban J connectivity index is 0.788. The zero-order chi connectivity index (χ0) is 80.1. The number of imide groups is 1. The Morgan fingerprint density at radius 3 is 1.77 bits per heavy atom. The molecule has 1 aromatic heterocycles. The van der Waals surface area contributed by atoms with E-state index in [2.05, 4.69) is 26.6 Å². The van der Waals surface area contributed by atoms with E-state index in [-0.39, 0.29) is 129 Å². The molecule has 4 heterocycles. The molecule has 0 aliphatic carbocycles. The number of thiophene rings is 1. The van der Waals surface area contributed by atoms with Crippen molar-refractivity contribution in [2.75, 3.05) is 92.6 Å². The van der Waals surface area contributed by atoms with Crippen molar-refractivity contribution in [1.82, 2.24) is 36.0 Å². The van der Waals surface area contributed by atoms with E-state index in [0.29, 0.717) is 56.9 Å². The minimum absolute atomic E-state index is 0.0137. The first kappa shape index (κ1) is 84.3. The zero-order valence-electron chi connectivity index (χ0n) is 61.5. The van der Waals surface area contributed by atoms with E-state index in [9.17, 15) is 75.5 Å². The first-order valence-corrected chi connectivity index (χ1v) is 40.3. The molecule has 3 aliphatic rings. The number of ether oxygens (including phenoxy) is 2. The molecule has 6 aromatic rings. The van der Waals surface area contributed by atoms with Crippen LogP contribution >= 0.6 is 42.4 Å². The van der Waals surface area contributed by atoms with Gasteiger partial charge in [-0.3, -0.25) is 57.2 Å². The summed E-state index contributed by atoms with van der Waals surface area (Å²) >= 11 is 14.1. The smallest absolute Gasteiger partial charge is 0.445 e. The van der Waals surface area contributed by atoms with E-state index in [0.717, 1.165) is 34.0 Å². The highest BCUT2D eigenvalue weighted by atomic mass is 35.5. The van der Waals surface area contributed by atoms with E-state index >= 15 is 0 Å². The minimum Gasteiger partial charge on any atom is -0.445 e. The third kappa shape index (κ3) is 21.9. The van der Waals surface area contributed by atoms with Gasteiger partial charge in [0.1, 0.15) is 42.0 Å². The molecule has 0 saturated carbocycles. The monoisotopic (exact) mass is 1620 g/mol. The van der Waals surface area contributed by atoms with Gasteiger partial charge in [0.25, 0.3) is 33.7 Å². The lowest BCUT2D eigenvalue weighted by molar-refractivity contribution is -0.137. The number of amides is 12. The second-order valence-corrected chi connectivity index (χ2v) is 32.9. The van der Waals surface area contributed by atoms with Gasteiger partial charge in [-0.2, -0.15) is 8.42 Å². The summed E-state index contributed by atoms with van der Waals surface area (Å²) in [6, 6.07) is 21.1. The Labute approximate surface area is 649 Å². The minimum atomic E-state index is -5.02. The predicted molar refractivity (Wildman–Crippen MR) is 413 cm³/mol. The quantitative estimate of drug-likeness (QED) is 0.00616. The van der Waals surface area contributed by atoms with Crippen LogP contribution in [0.15, 0.2) is 109 Å². The number of alkyl halides is 2. The number of rotatable bonds is 34. The van der Waals surface area contributed by atoms with Gasteiger partial charge in [0.05, 0.1) is 27.7 Å². The molecule has 0 spiro atoms. The van der Waals surface area contributed by atoms with Crippen LogP contribution < -0.4 is 51.4 Å². The molecule has 0 unspecified atom stereocenters. The van der Waals surface area contributed by atoms with Crippen molar-refractivity contribution in [2.24, 2.45) is 17.1 Å². The van der Waals surface area contributed by atoms with Crippen molar-refractivity contribution < 1.29 is 93.7 Å². The number of hydrogen-bond donors (Lipinski definition) is 8. The fourth-order valence-electron chi connectivity index (χ4n) is 12.6. The van der Waals surface area contributed by atoms with Crippen LogP contribution in [0.25, 0.3) is 21.5 Å². The van der Waals surface area contributed by atoms with Gasteiger partial charge in [-0.05, 0) is 88.7 Å². The molecule has 3 aliphatic heterocycles. The van der Waals surface area contributed by atoms with Crippen molar-refractivity contribution in [3.63, 3.8) is 0 Å². The number of nitrogens with zero attached hydrogens (tertiary/aromatic N) is 5. The average molecular weight is 1620 g/mol. The van der Waals surface area contributed by atoms with E-state index in [1.807, 2.05) is 12.1 Å². The third-order valence-corrected chi connectivity index (χ3v) is 21.7. The van der Waals surface area contributed by atoms with Crippen LogP contribution in [0, 0.1) is 11.3 Å². The van der Waals surface area contributed by atoms with Crippen molar-refractivity contribution >= 4 is 157 Å². The predicted octanol–water partition coefficient (Wildman–Crippen LogP) is 8.57. The van der Waals surface area contributed by atoms with E-state index in [1.165, 1.54) is 64.0 Å². The number of unbranched alkanes of at least 4 members (excludes halogenated alkanes) is 2. The number of carbonyl (C=O) groups excluding carboxylic acids is 11. The number of anilines is 3. The van der Waals surface area contributed by atoms with Gasteiger partial charge in [-0.1, -0.05) is 102 Å². The van der Waals surface area contributed by atoms with E-state index in [1.54, 1.807) is 89.2 Å². The molecular weight excluding hydrogens is 1530 g/mol. The largest absolute Gasteiger partial charge is 0.524 e. The van der Waals surface area contributed by atoms with Crippen LogP contribution in [-0.4, -0.2) is 194 Å². The first-order chi connectivity index (χ1) is 52.0. The Morgan fingerprint density at radius 2 is 1.24 bits per heavy atom. The summed E-state index contributed by atoms with van der Waals surface area (Å²) < 4.78 is 60.6. The van der Waals surface area contributed by atoms with Crippen LogP contribution in [0.5, 0.6) is 11.5 Å². The topological polar surface area (TPSA) is 419 Å². The van der Waals surface area contributed by atoms with E-state index < -0.39 is 119 Å². The van der Waals surface area contributed by atoms with Crippen molar-refractivity contribution in [2.45, 2.75) is 110 Å². The van der Waals surface area contributed by atoms with Crippen molar-refractivity contribution in [1.29, 1.82) is 0 Å². The average Bonchev–Trinajstić information content (AvgIpc) is 1.58. The normalized spacial score (nSPS) is 15.6. The van der Waals surface area contributed by atoms with Crippen LogP contribution in [0.1, 0.15) is 121 Å². The van der Waals surface area contributed by atoms with Gasteiger partial charge in [-0.25, -0.2) is 18.9 Å². The second-order valence-electron chi connectivity index (χ2n) is 28.3. The number of nitrogens with two attached hydrogens (primary N) is 1. The molecule has 36 heteroatoms. The molecule has 9 rings (SSSR count). The van der Waals surface area contributed by atoms with Crippen LogP contribution in [0.3, 0.4) is 0 Å². The number of fused-ring (bicyclic) bond motifs is 6. The molecule has 5 aromatic carbocycles. The summed E-state index contributed by atoms with van der Waals surface area (Å²) in [5, 5.41) is 15.1. The summed E-state index contributed by atoms with van der Waals surface area (Å²) in [6.45, 7) is 8.30. The molecule has 0 bridgehead atoms. The maximum Gasteiger partial charge on any atom is 0.524 e. The maximum absolute atomic E-state index is 14.7. The lowest BCUT2D eigenvalue weighted by atomic mass is 9.95. The summed E-state index contributed by atoms with van der Waals surface area (Å²) in [7, 11) is -6.55. The summed E-state index contributed by atoms with van der Waals surface area (Å²) in [6.07, 6.45) is 1.72. The number of urea groups is 1. The van der Waals surface area contributed by atoms with Gasteiger partial charge >= 0.3 is 26.0 Å². The highest BCUT2D eigenvalue weighted by molar-refractivity contribution is 7.86. The number of nitrogens with one attached hydrogen (secondary N) is 5. The Bertz CT molecular complexity index is 4690. The van der Waals surface area contributed by atoms with Crippen LogP contribution in [0.4, 0.5) is 31.4 Å². The van der Waals surface area contributed by atoms with Crippen molar-refractivity contribution in [3.8, 4) is 11.5 Å². The fraction of sp³-hybridized carbons (Fsp3) is 0.419. The third-order valence-electron chi connectivity index (χ3n) is 18.3. The number of likely N-dealkylation sites (N-methyl/N-ethyl adjacent to an activating group) is 2. The molecule has 0 radical (unpaired) electrons. The summed E-state index contributed by atoms with van der Waals surface area (Å²) in [5.41, 5.74) is 7.66. The van der Waals surface area contributed by atoms with Crippen LogP contribution in [0.2, 0.25) is 0 Å². The van der Waals surface area contributed by atoms with Crippen LogP contribution in [-0.2, 0) is 59.0 Å². The standard InChI is InChI=1S/C74H88Cl2N11O20PS2/c1-43(2)65(82-67(92)53(41-110(102,103)105-42-74(3,4)5)80-60(88)21-9-8-14-31-85-61(89)28-29-62(85)90)68(93)81-52(20-15-30-78-71(77)96)66(91)79-47-24-22-44(23-25-47)40-104-72(97)83(6)32-33-84(7)73(98)106-56-34-54-63(50-18-12-10-16-48(50)56)45(36-75)38-86(54)69(94)58-26-27-59(109-58)70(95)87-39-46(37-76)64-51-19-13-11-17-49(51)57(35-55(64)87)107-108(99,100)101/h10-13,16-19,22-29,34-35,43,45-46,52-53,65H,8-9,14-15,20-21,30-33,36-42H2,1-7H3,(H,79,91)(H,80,88)(H,81,93)(H,82,92)(H3,77,78,96)(H2,99,100,101)/t45-,46-,52+,53+,65+/m1/s1. The Morgan fingerprint density at radius 1 is 0.691 bits per heavy atom. The molecule has 9 N–H and O–H groups in total. The second kappa shape index (κ2) is 36.9. The molecule has 31 nitrogen and oxygen atoms in total. The number of phosphoric acid groups is 1. The maximum atomic E-state index is 14.7. The SMILES string of the molecule is CC(C)[C@H](NC(=O)[C@H](CS(=O)(=O)OCC(C)(C)C)NC(=O)CCCCCN1C(=O)C=CC1=O)C(=O)N[C@@H](CCCNC(N)=O)C(=O)Nc1ccc(COC(=O)N(C)CCN(C)C(=O)Oc2cc3c(c4ccccc24)[C@H](CCl)CN3C(=O)c2ccc(C(=O)N3C[C@@H](CCl)c4c3cc(OP(=O)(O)O)c3ccccc43)s2)cc1. The highest BCUT2D eigenvalue weighted by Gasteiger charge is 2.41. The summed E-state index contributed by atoms with van der Waals surface area (Å²) in [5.74, 6) is -7.26. The van der Waals surface area contributed by atoms with Gasteiger partial charge < -0.3 is 65.9 Å². The number of phosphoric ester groups is 1. The molecule has 12 amide bonds. The van der Waals surface area contributed by atoms with Gasteiger partial charge in [-0.15, -0.1) is 34.5 Å². The van der Waals surface area contributed by atoms with Gasteiger partial charge in [0.2, 0.25) is 23.6 Å². The number of primary amides is 1. The molecule has 0 fully saturated rings. The van der Waals surface area contributed by atoms with Crippen molar-refractivity contribution in [3.05, 3.63) is 136 Å². The number of halogens is 2. The molecular formula is C74H88Cl2N11O20PS2. The molecule has 5 atom stereocenters. The molecule has 590 valence electrons. The summed E-state index contributed by atoms with van der Waals surface area (Å²) in [4.78, 5) is 174. The fourth-order valence-corrected chi connectivity index (χ4v) is 15.7. The van der Waals surface area contributed by atoms with Gasteiger partial charge in [0.15, 0.2) is 0 Å². The zero-order valence-corrected chi connectivity index (χ0v) is 65.5. The number of hydrogen-bond acceptors (Lipinski definition) is 19. The Hall–Kier alpha value is -9.73. The highest BCUT2D eigenvalue weighted by Crippen LogP contribution is 2.51. The Kier molecular flexibility index (Phi) is 28.2. The van der Waals surface area contributed by atoms with E-state index in [4.69, 9.17) is 47.1 Å². The molecule has 0 saturated heterocycles. The lowest BCUT2D eigenvalue weighted by Gasteiger charge is -2.27. The number of benzene rings is 5. The lowest BCUT2D eigenvalue weighted by Crippen LogP contribution is -2.59. The number of carbonyl (C=O) groups is 11.